The quantitative estimate of drug-likeness (QED) is 0.826. The van der Waals surface area contributed by atoms with Gasteiger partial charge in [0.05, 0.1) is 11.1 Å². The Kier molecular flexibility index (Phi) is 3.55. The van der Waals surface area contributed by atoms with Crippen LogP contribution in [-0.2, 0) is 10.0 Å². The molecule has 96 valence electrons. The molecule has 18 heavy (non-hydrogen) atoms. The Morgan fingerprint density at radius 3 is 2.78 bits per heavy atom. The van der Waals surface area contributed by atoms with Gasteiger partial charge in [0, 0.05) is 21.7 Å². The molecule has 0 spiro atoms. The predicted molar refractivity (Wildman–Crippen MR) is 74.0 cm³/mol. The van der Waals surface area contributed by atoms with Crippen molar-refractivity contribution < 1.29 is 8.42 Å². The summed E-state index contributed by atoms with van der Waals surface area (Å²) in [5.74, 6) is 0. The van der Waals surface area contributed by atoms with Gasteiger partial charge >= 0.3 is 0 Å². The fourth-order valence-electron chi connectivity index (χ4n) is 1.35. The second-order valence-corrected chi connectivity index (χ2v) is 6.86. The Bertz CT molecular complexity index is 670. The van der Waals surface area contributed by atoms with Gasteiger partial charge in [-0.2, -0.15) is 0 Å². The maximum absolute atomic E-state index is 12.2. The third-order valence-electron chi connectivity index (χ3n) is 2.25. The molecule has 2 aromatic rings. The van der Waals surface area contributed by atoms with Gasteiger partial charge < -0.3 is 5.73 Å². The molecular weight excluding hydrogens is 340 g/mol. The summed E-state index contributed by atoms with van der Waals surface area (Å²) in [6.45, 7) is 1.65. The molecule has 0 aliphatic carbocycles. The van der Waals surface area contributed by atoms with E-state index in [1.54, 1.807) is 13.0 Å². The molecular formula is C9H9BrN4O2S2. The van der Waals surface area contributed by atoms with Crippen molar-refractivity contribution in [3.05, 3.63) is 28.4 Å². The van der Waals surface area contributed by atoms with Crippen LogP contribution in [0.15, 0.2) is 27.7 Å². The lowest BCUT2D eigenvalue weighted by atomic mass is 10.2. The number of anilines is 2. The molecule has 9 heteroatoms. The topological polar surface area (TPSA) is 98.0 Å². The van der Waals surface area contributed by atoms with Crippen molar-refractivity contribution in [3.63, 3.8) is 0 Å². The lowest BCUT2D eigenvalue weighted by Crippen LogP contribution is -2.14. The average molecular weight is 349 g/mol. The maximum atomic E-state index is 12.2. The highest BCUT2D eigenvalue weighted by Crippen LogP contribution is 2.28. The molecule has 1 aromatic carbocycles. The van der Waals surface area contributed by atoms with Gasteiger partial charge in [-0.25, -0.2) is 8.42 Å². The number of rotatable bonds is 3. The highest BCUT2D eigenvalue weighted by Gasteiger charge is 2.20. The number of nitrogen functional groups attached to an aromatic ring is 1. The molecule has 0 fully saturated rings. The van der Waals surface area contributed by atoms with E-state index in [0.717, 1.165) is 11.5 Å². The van der Waals surface area contributed by atoms with Crippen LogP contribution in [0.5, 0.6) is 0 Å². The van der Waals surface area contributed by atoms with Crippen LogP contribution in [0.1, 0.15) is 5.56 Å². The minimum Gasteiger partial charge on any atom is -0.398 e. The molecule has 0 bridgehead atoms. The van der Waals surface area contributed by atoms with Crippen LogP contribution >= 0.6 is 27.5 Å². The summed E-state index contributed by atoms with van der Waals surface area (Å²) < 4.78 is 31.0. The third-order valence-corrected chi connectivity index (χ3v) is 4.91. The molecule has 0 aliphatic rings. The number of nitrogens with zero attached hydrogens (tertiary/aromatic N) is 2. The number of benzene rings is 1. The zero-order valence-corrected chi connectivity index (χ0v) is 12.4. The van der Waals surface area contributed by atoms with Crippen molar-refractivity contribution in [2.75, 3.05) is 10.5 Å². The summed E-state index contributed by atoms with van der Waals surface area (Å²) in [5.41, 5.74) is 6.66. The monoisotopic (exact) mass is 348 g/mol. The van der Waals surface area contributed by atoms with Crippen LogP contribution in [0.3, 0.4) is 0 Å². The molecule has 3 N–H and O–H groups in total. The van der Waals surface area contributed by atoms with Crippen molar-refractivity contribution in [3.8, 4) is 0 Å². The van der Waals surface area contributed by atoms with Crippen molar-refractivity contribution in [2.24, 2.45) is 0 Å². The molecule has 6 nitrogen and oxygen atoms in total. The SMILES string of the molecule is Cc1c(N)cc(Br)cc1S(=O)(=O)Nc1cnns1. The number of nitrogens with two attached hydrogens (primary N) is 1. The van der Waals surface area contributed by atoms with Crippen molar-refractivity contribution in [2.45, 2.75) is 11.8 Å². The molecule has 0 atom stereocenters. The lowest BCUT2D eigenvalue weighted by Gasteiger charge is -2.10. The number of halogens is 1. The normalized spacial score (nSPS) is 11.4. The summed E-state index contributed by atoms with van der Waals surface area (Å²) in [7, 11) is -3.69. The first kappa shape index (κ1) is 13.2. The van der Waals surface area contributed by atoms with E-state index in [-0.39, 0.29) is 4.90 Å². The van der Waals surface area contributed by atoms with Crippen molar-refractivity contribution in [1.82, 2.24) is 9.59 Å². The van der Waals surface area contributed by atoms with E-state index in [0.29, 0.717) is 20.7 Å². The third kappa shape index (κ3) is 2.62. The number of aromatic nitrogens is 2. The fraction of sp³-hybridized carbons (Fsp3) is 0.111. The fourth-order valence-corrected chi connectivity index (χ4v) is 3.97. The standard InChI is InChI=1S/C9H9BrN4O2S2/c1-5-7(11)2-6(10)3-8(5)18(15,16)13-9-4-12-14-17-9/h2-4,13H,11H2,1H3. The zero-order valence-electron chi connectivity index (χ0n) is 9.21. The van der Waals surface area contributed by atoms with Crippen LogP contribution in [0.25, 0.3) is 0 Å². The number of hydrogen-bond acceptors (Lipinski definition) is 6. The maximum Gasteiger partial charge on any atom is 0.262 e. The van der Waals surface area contributed by atoms with Gasteiger partial charge in [0.1, 0.15) is 5.00 Å². The minimum absolute atomic E-state index is 0.128. The molecule has 1 aromatic heterocycles. The van der Waals surface area contributed by atoms with E-state index < -0.39 is 10.0 Å². The highest BCUT2D eigenvalue weighted by molar-refractivity contribution is 9.10. The molecule has 0 radical (unpaired) electrons. The van der Waals surface area contributed by atoms with E-state index in [2.05, 4.69) is 30.2 Å². The highest BCUT2D eigenvalue weighted by atomic mass is 79.9. The summed E-state index contributed by atoms with van der Waals surface area (Å²) >= 11 is 4.19. The Morgan fingerprint density at radius 2 is 2.17 bits per heavy atom. The minimum atomic E-state index is -3.69. The molecule has 0 unspecified atom stereocenters. The smallest absolute Gasteiger partial charge is 0.262 e. The van der Waals surface area contributed by atoms with E-state index in [1.165, 1.54) is 12.3 Å². The van der Waals surface area contributed by atoms with E-state index in [4.69, 9.17) is 5.73 Å². The van der Waals surface area contributed by atoms with Gasteiger partial charge in [0.2, 0.25) is 0 Å². The second-order valence-electron chi connectivity index (χ2n) is 3.51. The molecule has 0 aliphatic heterocycles. The Morgan fingerprint density at radius 1 is 1.44 bits per heavy atom. The van der Waals surface area contributed by atoms with Crippen LogP contribution in [0.2, 0.25) is 0 Å². The van der Waals surface area contributed by atoms with Crippen molar-refractivity contribution >= 4 is 48.2 Å². The van der Waals surface area contributed by atoms with Gasteiger partial charge in [-0.1, -0.05) is 20.4 Å². The summed E-state index contributed by atoms with van der Waals surface area (Å²) in [6, 6.07) is 3.16. The van der Waals surface area contributed by atoms with Gasteiger partial charge in [0.15, 0.2) is 0 Å². The first-order valence-electron chi connectivity index (χ1n) is 4.76. The van der Waals surface area contributed by atoms with Crippen LogP contribution in [0, 0.1) is 6.92 Å². The summed E-state index contributed by atoms with van der Waals surface area (Å²) in [6.07, 6.45) is 1.35. The van der Waals surface area contributed by atoms with E-state index >= 15 is 0 Å². The van der Waals surface area contributed by atoms with Crippen LogP contribution < -0.4 is 10.5 Å². The van der Waals surface area contributed by atoms with Crippen LogP contribution in [-0.4, -0.2) is 18.0 Å². The van der Waals surface area contributed by atoms with E-state index in [1.807, 2.05) is 0 Å². The lowest BCUT2D eigenvalue weighted by molar-refractivity contribution is 0.600. The Balaban J connectivity index is 2.48. The first-order chi connectivity index (χ1) is 8.40. The predicted octanol–water partition coefficient (Wildman–Crippen LogP) is 1.99. The zero-order chi connectivity index (χ0) is 13.3. The van der Waals surface area contributed by atoms with Gasteiger partial charge in [-0.15, -0.1) is 5.10 Å². The van der Waals surface area contributed by atoms with Gasteiger partial charge in [-0.05, 0) is 24.6 Å². The van der Waals surface area contributed by atoms with Gasteiger partial charge in [-0.3, -0.25) is 4.72 Å². The number of hydrogen-bond donors (Lipinski definition) is 2. The Hall–Kier alpha value is -1.19. The van der Waals surface area contributed by atoms with Gasteiger partial charge in [0.25, 0.3) is 10.0 Å². The first-order valence-corrected chi connectivity index (χ1v) is 7.81. The summed E-state index contributed by atoms with van der Waals surface area (Å²) in [4.78, 5) is 0.128. The van der Waals surface area contributed by atoms with E-state index in [9.17, 15) is 8.42 Å². The second kappa shape index (κ2) is 4.82. The molecule has 0 amide bonds. The largest absolute Gasteiger partial charge is 0.398 e. The molecule has 0 saturated carbocycles. The van der Waals surface area contributed by atoms with Crippen LogP contribution in [0.4, 0.5) is 10.7 Å². The molecule has 2 rings (SSSR count). The van der Waals surface area contributed by atoms with Crippen molar-refractivity contribution in [1.29, 1.82) is 0 Å². The Labute approximate surface area is 117 Å². The molecule has 0 saturated heterocycles. The molecule has 1 heterocycles. The number of sulfonamides is 1. The average Bonchev–Trinajstić information content (AvgIpc) is 2.75. The summed E-state index contributed by atoms with van der Waals surface area (Å²) in [5, 5.41) is 3.92. The number of nitrogens with one attached hydrogen (secondary N) is 1.